The van der Waals surface area contributed by atoms with Gasteiger partial charge in [0.15, 0.2) is 0 Å². The van der Waals surface area contributed by atoms with Crippen LogP contribution in [-0.4, -0.2) is 39.6 Å². The van der Waals surface area contributed by atoms with Crippen molar-refractivity contribution >= 4 is 17.5 Å². The molecule has 0 aliphatic carbocycles. The zero-order chi connectivity index (χ0) is 22.3. The molecule has 0 bridgehead atoms. The lowest BCUT2D eigenvalue weighted by Crippen LogP contribution is -2.41. The molecule has 0 radical (unpaired) electrons. The molecule has 0 atom stereocenters. The van der Waals surface area contributed by atoms with Gasteiger partial charge in [-0.05, 0) is 49.6 Å². The van der Waals surface area contributed by atoms with Crippen LogP contribution in [0.1, 0.15) is 35.7 Å². The van der Waals surface area contributed by atoms with Gasteiger partial charge in [-0.25, -0.2) is 0 Å². The number of likely N-dealkylation sites (tertiary alicyclic amines) is 1. The summed E-state index contributed by atoms with van der Waals surface area (Å²) in [6.45, 7) is 4.36. The molecule has 0 saturated carbocycles. The second-order valence-electron chi connectivity index (χ2n) is 7.94. The highest BCUT2D eigenvalue weighted by atomic mass is 16.5. The van der Waals surface area contributed by atoms with Crippen LogP contribution >= 0.6 is 0 Å². The van der Waals surface area contributed by atoms with Crippen molar-refractivity contribution in [3.63, 3.8) is 0 Å². The first kappa shape index (κ1) is 21.6. The summed E-state index contributed by atoms with van der Waals surface area (Å²) in [5.41, 5.74) is 2.38. The lowest BCUT2D eigenvalue weighted by atomic mass is 9.95. The molecule has 7 nitrogen and oxygen atoms in total. The molecule has 1 saturated heterocycles. The molecule has 2 amide bonds. The van der Waals surface area contributed by atoms with Crippen LogP contribution in [0, 0.1) is 5.92 Å². The molecule has 4 rings (SSSR count). The Morgan fingerprint density at radius 3 is 2.44 bits per heavy atom. The van der Waals surface area contributed by atoms with Crippen molar-refractivity contribution < 1.29 is 14.3 Å². The molecule has 0 unspecified atom stereocenters. The van der Waals surface area contributed by atoms with E-state index in [2.05, 4.69) is 10.4 Å². The first-order valence-corrected chi connectivity index (χ1v) is 11.0. The summed E-state index contributed by atoms with van der Waals surface area (Å²) in [4.78, 5) is 27.3. The van der Waals surface area contributed by atoms with Crippen LogP contribution in [0.3, 0.4) is 0 Å². The quantitative estimate of drug-likeness (QED) is 0.613. The molecule has 1 fully saturated rings. The number of anilines is 1. The minimum Gasteiger partial charge on any atom is -0.489 e. The number of para-hydroxylation sites is 1. The van der Waals surface area contributed by atoms with Gasteiger partial charge in [-0.3, -0.25) is 14.3 Å². The Balaban J connectivity index is 1.26. The third kappa shape index (κ3) is 5.35. The molecule has 1 aromatic heterocycles. The number of hydrogen-bond acceptors (Lipinski definition) is 4. The van der Waals surface area contributed by atoms with E-state index in [9.17, 15) is 9.59 Å². The van der Waals surface area contributed by atoms with E-state index in [1.165, 1.54) is 0 Å². The average Bonchev–Trinajstić information content (AvgIpc) is 3.31. The van der Waals surface area contributed by atoms with Crippen LogP contribution in [-0.2, 0) is 17.9 Å². The molecule has 3 aromatic rings. The Labute approximate surface area is 188 Å². The summed E-state index contributed by atoms with van der Waals surface area (Å²) < 4.78 is 7.53. The lowest BCUT2D eigenvalue weighted by Gasteiger charge is -2.31. The van der Waals surface area contributed by atoms with E-state index in [1.54, 1.807) is 10.9 Å². The fourth-order valence-corrected chi connectivity index (χ4v) is 3.80. The van der Waals surface area contributed by atoms with E-state index in [0.29, 0.717) is 43.8 Å². The Kier molecular flexibility index (Phi) is 6.84. The summed E-state index contributed by atoms with van der Waals surface area (Å²) >= 11 is 0. The van der Waals surface area contributed by atoms with Crippen molar-refractivity contribution in [1.82, 2.24) is 14.7 Å². The summed E-state index contributed by atoms with van der Waals surface area (Å²) in [6.07, 6.45) is 4.80. The van der Waals surface area contributed by atoms with Crippen molar-refractivity contribution in [2.45, 2.75) is 32.9 Å². The topological polar surface area (TPSA) is 76.5 Å². The van der Waals surface area contributed by atoms with E-state index >= 15 is 0 Å². The molecule has 1 aliphatic heterocycles. The standard InChI is InChI=1S/C25H28N4O3/c1-2-29-17-22(16-26-29)27-24(30)20-12-14-28(15-13-20)25(31)21-10-8-19(9-11-21)18-32-23-6-4-3-5-7-23/h3-11,16-17,20H,2,12-15,18H2,1H3,(H,27,30). The summed E-state index contributed by atoms with van der Waals surface area (Å²) in [5.74, 6) is 0.722. The maximum absolute atomic E-state index is 12.9. The highest BCUT2D eigenvalue weighted by Crippen LogP contribution is 2.21. The van der Waals surface area contributed by atoms with E-state index in [1.807, 2.05) is 72.6 Å². The predicted octanol–water partition coefficient (Wildman–Crippen LogP) is 3.97. The molecule has 2 heterocycles. The van der Waals surface area contributed by atoms with Crippen LogP contribution in [0.5, 0.6) is 5.75 Å². The Bertz CT molecular complexity index is 1040. The van der Waals surface area contributed by atoms with Crippen molar-refractivity contribution in [3.8, 4) is 5.75 Å². The van der Waals surface area contributed by atoms with Gasteiger partial charge in [-0.15, -0.1) is 0 Å². The number of benzene rings is 2. The number of nitrogens with zero attached hydrogens (tertiary/aromatic N) is 3. The predicted molar refractivity (Wildman–Crippen MR) is 122 cm³/mol. The summed E-state index contributed by atoms with van der Waals surface area (Å²) in [7, 11) is 0. The zero-order valence-electron chi connectivity index (χ0n) is 18.2. The number of carbonyl (C=O) groups excluding carboxylic acids is 2. The zero-order valence-corrected chi connectivity index (χ0v) is 18.2. The van der Waals surface area contributed by atoms with Gasteiger partial charge in [0.1, 0.15) is 12.4 Å². The third-order valence-corrected chi connectivity index (χ3v) is 5.73. The van der Waals surface area contributed by atoms with E-state index in [-0.39, 0.29) is 17.7 Å². The van der Waals surface area contributed by atoms with Gasteiger partial charge in [-0.2, -0.15) is 5.10 Å². The highest BCUT2D eigenvalue weighted by molar-refractivity contribution is 5.95. The van der Waals surface area contributed by atoms with Crippen molar-refractivity contribution in [1.29, 1.82) is 0 Å². The number of aromatic nitrogens is 2. The van der Waals surface area contributed by atoms with Crippen LogP contribution in [0.15, 0.2) is 67.0 Å². The second-order valence-corrected chi connectivity index (χ2v) is 7.94. The SMILES string of the molecule is CCn1cc(NC(=O)C2CCN(C(=O)c3ccc(COc4ccccc4)cc3)CC2)cn1. The molecule has 1 N–H and O–H groups in total. The number of hydrogen-bond donors (Lipinski definition) is 1. The normalized spacial score (nSPS) is 14.2. The molecular formula is C25H28N4O3. The maximum atomic E-state index is 12.9. The van der Waals surface area contributed by atoms with Crippen molar-refractivity contribution in [3.05, 3.63) is 78.1 Å². The van der Waals surface area contributed by atoms with Crippen LogP contribution < -0.4 is 10.1 Å². The molecule has 7 heteroatoms. The van der Waals surface area contributed by atoms with E-state index in [0.717, 1.165) is 17.9 Å². The van der Waals surface area contributed by atoms with Gasteiger partial charge in [0.2, 0.25) is 5.91 Å². The van der Waals surface area contributed by atoms with E-state index in [4.69, 9.17) is 4.74 Å². The molecule has 166 valence electrons. The minimum absolute atomic E-state index is 0.00334. The molecule has 1 aliphatic rings. The summed E-state index contributed by atoms with van der Waals surface area (Å²) in [6, 6.07) is 17.2. The first-order chi connectivity index (χ1) is 15.6. The Hall–Kier alpha value is -3.61. The average molecular weight is 433 g/mol. The first-order valence-electron chi connectivity index (χ1n) is 11.0. The third-order valence-electron chi connectivity index (χ3n) is 5.73. The summed E-state index contributed by atoms with van der Waals surface area (Å²) in [5, 5.41) is 7.11. The Morgan fingerprint density at radius 2 is 1.78 bits per heavy atom. The van der Waals surface area contributed by atoms with Gasteiger partial charge in [0, 0.05) is 37.3 Å². The van der Waals surface area contributed by atoms with Crippen LogP contribution in [0.2, 0.25) is 0 Å². The fraction of sp³-hybridized carbons (Fsp3) is 0.320. The number of piperidine rings is 1. The largest absolute Gasteiger partial charge is 0.489 e. The minimum atomic E-state index is -0.0958. The number of aryl methyl sites for hydroxylation is 1. The molecule has 0 spiro atoms. The monoisotopic (exact) mass is 432 g/mol. The number of rotatable bonds is 7. The van der Waals surface area contributed by atoms with Crippen LogP contribution in [0.4, 0.5) is 5.69 Å². The van der Waals surface area contributed by atoms with Gasteiger partial charge >= 0.3 is 0 Å². The van der Waals surface area contributed by atoms with Crippen molar-refractivity contribution in [2.24, 2.45) is 5.92 Å². The lowest BCUT2D eigenvalue weighted by molar-refractivity contribution is -0.121. The van der Waals surface area contributed by atoms with Gasteiger partial charge in [0.05, 0.1) is 11.9 Å². The molecular weight excluding hydrogens is 404 g/mol. The van der Waals surface area contributed by atoms with Gasteiger partial charge in [-0.1, -0.05) is 30.3 Å². The Morgan fingerprint density at radius 1 is 1.06 bits per heavy atom. The molecule has 2 aromatic carbocycles. The van der Waals surface area contributed by atoms with Gasteiger partial charge < -0.3 is 15.0 Å². The number of ether oxygens (including phenoxy) is 1. The number of carbonyl (C=O) groups is 2. The van der Waals surface area contributed by atoms with Gasteiger partial charge in [0.25, 0.3) is 5.91 Å². The fourth-order valence-electron chi connectivity index (χ4n) is 3.80. The van der Waals surface area contributed by atoms with Crippen LogP contribution in [0.25, 0.3) is 0 Å². The second kappa shape index (κ2) is 10.1. The van der Waals surface area contributed by atoms with E-state index < -0.39 is 0 Å². The maximum Gasteiger partial charge on any atom is 0.253 e. The number of nitrogens with one attached hydrogen (secondary N) is 1. The smallest absolute Gasteiger partial charge is 0.253 e. The van der Waals surface area contributed by atoms with Crippen molar-refractivity contribution in [2.75, 3.05) is 18.4 Å². The molecule has 32 heavy (non-hydrogen) atoms. The highest BCUT2D eigenvalue weighted by Gasteiger charge is 2.28. The number of amides is 2.